The lowest BCUT2D eigenvalue weighted by atomic mass is 10.3. The molecule has 84 valence electrons. The third kappa shape index (κ3) is 1.84. The molecule has 0 aliphatic carbocycles. The van der Waals surface area contributed by atoms with Gasteiger partial charge in [-0.1, -0.05) is 23.7 Å². The van der Waals surface area contributed by atoms with Gasteiger partial charge in [-0.15, -0.1) is 0 Å². The molecular weight excluding hydrogens is 244 g/mol. The highest BCUT2D eigenvalue weighted by atomic mass is 35.5. The fourth-order valence-electron chi connectivity index (χ4n) is 1.37. The summed E-state index contributed by atoms with van der Waals surface area (Å²) in [6, 6.07) is 7.88. The van der Waals surface area contributed by atoms with Crippen LogP contribution in [0.2, 0.25) is 5.15 Å². The van der Waals surface area contributed by atoms with Gasteiger partial charge in [0.15, 0.2) is 5.15 Å². The first kappa shape index (κ1) is 11.1. The van der Waals surface area contributed by atoms with Crippen molar-refractivity contribution in [1.82, 2.24) is 9.78 Å². The molecule has 1 aromatic carbocycles. The fraction of sp³-hybridized carbons (Fsp3) is 0. The monoisotopic (exact) mass is 248 g/mol. The van der Waals surface area contributed by atoms with E-state index >= 15 is 0 Å². The molecule has 0 bridgehead atoms. The molecule has 6 nitrogen and oxygen atoms in total. The van der Waals surface area contributed by atoms with Crippen LogP contribution >= 0.6 is 11.6 Å². The predicted molar refractivity (Wildman–Crippen MR) is 59.9 cm³/mol. The van der Waals surface area contributed by atoms with Crippen molar-refractivity contribution in [2.24, 2.45) is 0 Å². The second-order valence-electron chi connectivity index (χ2n) is 3.12. The molecule has 0 amide bonds. The Balaban J connectivity index is 2.65. The zero-order chi connectivity index (χ0) is 12.4. The number of para-hydroxylation sites is 2. The highest BCUT2D eigenvalue weighted by Crippen LogP contribution is 2.26. The van der Waals surface area contributed by atoms with Crippen molar-refractivity contribution in [2.75, 3.05) is 0 Å². The number of aromatic nitrogens is 2. The molecule has 0 aliphatic rings. The Bertz CT molecular complexity index is 629. The topological polar surface area (TPSA) is 84.8 Å². The third-order valence-corrected chi connectivity index (χ3v) is 2.50. The van der Waals surface area contributed by atoms with E-state index in [2.05, 4.69) is 5.10 Å². The van der Waals surface area contributed by atoms with Crippen LogP contribution in [0.5, 0.6) is 0 Å². The van der Waals surface area contributed by atoms with Crippen LogP contribution < -0.4 is 0 Å². The molecule has 0 N–H and O–H groups in total. The SMILES string of the molecule is N#Cc1cnn(-c2ccccc2[N+](=O)[O-])c1Cl. The van der Waals surface area contributed by atoms with E-state index in [4.69, 9.17) is 16.9 Å². The van der Waals surface area contributed by atoms with Gasteiger partial charge >= 0.3 is 0 Å². The van der Waals surface area contributed by atoms with Gasteiger partial charge in [0.25, 0.3) is 5.69 Å². The van der Waals surface area contributed by atoms with Crippen molar-refractivity contribution < 1.29 is 4.92 Å². The zero-order valence-corrected chi connectivity index (χ0v) is 9.13. The number of nitro benzene ring substituents is 1. The molecule has 0 radical (unpaired) electrons. The molecule has 0 spiro atoms. The number of hydrogen-bond acceptors (Lipinski definition) is 4. The normalized spacial score (nSPS) is 9.88. The minimum atomic E-state index is -0.528. The summed E-state index contributed by atoms with van der Waals surface area (Å²) < 4.78 is 1.16. The molecule has 0 aliphatic heterocycles. The second kappa shape index (κ2) is 4.23. The number of rotatable bonds is 2. The molecule has 1 aromatic heterocycles. The van der Waals surface area contributed by atoms with E-state index in [0.29, 0.717) is 0 Å². The maximum absolute atomic E-state index is 10.8. The van der Waals surface area contributed by atoms with Crippen LogP contribution in [0.3, 0.4) is 0 Å². The van der Waals surface area contributed by atoms with Crippen LogP contribution in [-0.4, -0.2) is 14.7 Å². The summed E-state index contributed by atoms with van der Waals surface area (Å²) >= 11 is 5.89. The Morgan fingerprint density at radius 1 is 1.47 bits per heavy atom. The van der Waals surface area contributed by atoms with Crippen LogP contribution in [0.15, 0.2) is 30.5 Å². The maximum Gasteiger partial charge on any atom is 0.294 e. The van der Waals surface area contributed by atoms with E-state index < -0.39 is 4.92 Å². The number of nitrogens with zero attached hydrogens (tertiary/aromatic N) is 4. The standard InChI is InChI=1S/C10H5ClN4O2/c11-10-7(5-12)6-13-14(10)8-3-1-2-4-9(8)15(16)17/h1-4,6H. The van der Waals surface area contributed by atoms with Crippen molar-refractivity contribution in [3.8, 4) is 11.8 Å². The van der Waals surface area contributed by atoms with E-state index in [0.717, 1.165) is 4.68 Å². The van der Waals surface area contributed by atoms with Crippen molar-refractivity contribution >= 4 is 17.3 Å². The largest absolute Gasteiger partial charge is 0.294 e. The average molecular weight is 249 g/mol. The van der Waals surface area contributed by atoms with Crippen LogP contribution in [0, 0.1) is 21.4 Å². The molecule has 0 unspecified atom stereocenters. The van der Waals surface area contributed by atoms with E-state index in [-0.39, 0.29) is 22.1 Å². The quantitative estimate of drug-likeness (QED) is 0.603. The lowest BCUT2D eigenvalue weighted by Gasteiger charge is -2.03. The minimum absolute atomic E-state index is 0.0572. The van der Waals surface area contributed by atoms with Gasteiger partial charge in [0.1, 0.15) is 17.3 Å². The van der Waals surface area contributed by atoms with Crippen LogP contribution in [0.1, 0.15) is 5.56 Å². The molecule has 0 saturated carbocycles. The van der Waals surface area contributed by atoms with Crippen LogP contribution in [0.25, 0.3) is 5.69 Å². The summed E-state index contributed by atoms with van der Waals surface area (Å²) in [5, 5.41) is 23.5. The number of nitriles is 1. The Hall–Kier alpha value is -2.39. The van der Waals surface area contributed by atoms with Gasteiger partial charge in [-0.25, -0.2) is 4.68 Å². The average Bonchev–Trinajstić information content (AvgIpc) is 2.70. The first-order chi connectivity index (χ1) is 8.15. The summed E-state index contributed by atoms with van der Waals surface area (Å²) in [4.78, 5) is 10.3. The smallest absolute Gasteiger partial charge is 0.258 e. The lowest BCUT2D eigenvalue weighted by Crippen LogP contribution is -2.01. The first-order valence-corrected chi connectivity index (χ1v) is 4.90. The molecule has 2 aromatic rings. The Morgan fingerprint density at radius 2 is 2.18 bits per heavy atom. The molecular formula is C10H5ClN4O2. The third-order valence-electron chi connectivity index (χ3n) is 2.14. The predicted octanol–water partition coefficient (Wildman–Crippen LogP) is 2.31. The summed E-state index contributed by atoms with van der Waals surface area (Å²) in [5.74, 6) is 0. The molecule has 0 atom stereocenters. The van der Waals surface area contributed by atoms with Crippen molar-refractivity contribution in [2.45, 2.75) is 0 Å². The zero-order valence-electron chi connectivity index (χ0n) is 8.37. The Kier molecular flexibility index (Phi) is 2.77. The first-order valence-electron chi connectivity index (χ1n) is 4.52. The molecule has 2 rings (SSSR count). The van der Waals surface area contributed by atoms with E-state index in [1.54, 1.807) is 12.1 Å². The van der Waals surface area contributed by atoms with E-state index in [1.165, 1.54) is 18.3 Å². The van der Waals surface area contributed by atoms with Crippen molar-refractivity contribution in [3.63, 3.8) is 0 Å². The van der Waals surface area contributed by atoms with Gasteiger partial charge in [0.2, 0.25) is 0 Å². The number of hydrogen-bond donors (Lipinski definition) is 0. The Morgan fingerprint density at radius 3 is 2.76 bits per heavy atom. The van der Waals surface area contributed by atoms with Crippen LogP contribution in [-0.2, 0) is 0 Å². The van der Waals surface area contributed by atoms with Gasteiger partial charge in [0, 0.05) is 6.07 Å². The highest BCUT2D eigenvalue weighted by molar-refractivity contribution is 6.30. The fourth-order valence-corrected chi connectivity index (χ4v) is 1.60. The lowest BCUT2D eigenvalue weighted by molar-refractivity contribution is -0.384. The summed E-state index contributed by atoms with van der Waals surface area (Å²) in [6.07, 6.45) is 1.26. The summed E-state index contributed by atoms with van der Waals surface area (Å²) in [5.41, 5.74) is 0.274. The molecule has 1 heterocycles. The number of halogens is 1. The molecule has 7 heteroatoms. The molecule has 0 fully saturated rings. The highest BCUT2D eigenvalue weighted by Gasteiger charge is 2.18. The van der Waals surface area contributed by atoms with Gasteiger partial charge in [-0.2, -0.15) is 10.4 Å². The van der Waals surface area contributed by atoms with Gasteiger partial charge in [-0.3, -0.25) is 10.1 Å². The second-order valence-corrected chi connectivity index (χ2v) is 3.48. The van der Waals surface area contributed by atoms with Crippen molar-refractivity contribution in [1.29, 1.82) is 5.26 Å². The van der Waals surface area contributed by atoms with Gasteiger partial charge in [0.05, 0.1) is 11.1 Å². The Labute approximate surface area is 101 Å². The van der Waals surface area contributed by atoms with Crippen molar-refractivity contribution in [3.05, 3.63) is 51.3 Å². The minimum Gasteiger partial charge on any atom is -0.258 e. The number of nitro groups is 1. The molecule has 0 saturated heterocycles. The van der Waals surface area contributed by atoms with Gasteiger partial charge in [-0.05, 0) is 6.07 Å². The maximum atomic E-state index is 10.8. The summed E-state index contributed by atoms with van der Waals surface area (Å²) in [7, 11) is 0. The molecule has 17 heavy (non-hydrogen) atoms. The van der Waals surface area contributed by atoms with Crippen LogP contribution in [0.4, 0.5) is 5.69 Å². The van der Waals surface area contributed by atoms with Gasteiger partial charge < -0.3 is 0 Å². The summed E-state index contributed by atoms with van der Waals surface area (Å²) in [6.45, 7) is 0. The number of benzene rings is 1. The van der Waals surface area contributed by atoms with E-state index in [9.17, 15) is 10.1 Å². The van der Waals surface area contributed by atoms with E-state index in [1.807, 2.05) is 6.07 Å².